The van der Waals surface area contributed by atoms with Crippen molar-refractivity contribution in [2.75, 3.05) is 20.8 Å². The number of ether oxygens (including phenoxy) is 4. The molecule has 4 N–H and O–H groups in total. The average molecular weight is 984 g/mol. The van der Waals surface area contributed by atoms with Gasteiger partial charge in [0, 0.05) is 60.6 Å². The van der Waals surface area contributed by atoms with Crippen LogP contribution in [0.25, 0.3) is 0 Å². The molecule has 1 amide bonds. The van der Waals surface area contributed by atoms with Gasteiger partial charge in [0.05, 0.1) is 18.3 Å². The van der Waals surface area contributed by atoms with Crippen LogP contribution in [-0.4, -0.2) is 124 Å². The number of allylic oxidation sites excluding steroid dienone is 5. The van der Waals surface area contributed by atoms with Crippen LogP contribution in [-0.2, 0) is 38.1 Å². The molecule has 2 unspecified atom stereocenters. The fourth-order valence-electron chi connectivity index (χ4n) is 11.3. The largest absolute Gasteiger partial charge is 0.460 e. The lowest BCUT2D eigenvalue weighted by atomic mass is 9.78. The number of amides is 1. The second-order valence-electron chi connectivity index (χ2n) is 21.4. The van der Waals surface area contributed by atoms with E-state index in [1.165, 1.54) is 21.8 Å². The SMILES string of the molecule is CO[C@@H]1C[C@H](C[C@@H](C)[C@@H]2CC(=O)[C@H](C)/C=C(\C)[C@@H](O)[C@@H](OC)C(=O)[C@H](C)C[C@H](C)/C=C/C/C=C/C(C)[C@H](c3ccc(C)s3)C[C@@H]3CC[C@@H](C)[C@@](O)(O3)C(O)C(=O)N3CCCC[C@H]3C(=O)O2)CC[C@H]1O. The highest BCUT2D eigenvalue weighted by Gasteiger charge is 2.53. The number of hydrogen-bond acceptors (Lipinski definition) is 13. The Morgan fingerprint density at radius 3 is 2.29 bits per heavy atom. The lowest BCUT2D eigenvalue weighted by Crippen LogP contribution is -2.63. The molecule has 0 radical (unpaired) electrons. The average Bonchev–Trinajstić information content (AvgIpc) is 3.76. The molecular formula is C55H85NO12S. The number of esters is 1. The van der Waals surface area contributed by atoms with E-state index in [4.69, 9.17) is 18.9 Å². The number of aliphatic hydroxyl groups is 4. The number of hydrogen-bond donors (Lipinski definition) is 4. The summed E-state index contributed by atoms with van der Waals surface area (Å²) in [6.07, 6.45) is 10.3. The van der Waals surface area contributed by atoms with Crippen molar-refractivity contribution in [3.63, 3.8) is 0 Å². The summed E-state index contributed by atoms with van der Waals surface area (Å²) >= 11 is 1.72. The van der Waals surface area contributed by atoms with E-state index in [0.717, 1.165) is 6.42 Å². The fourth-order valence-corrected chi connectivity index (χ4v) is 12.4. The van der Waals surface area contributed by atoms with Gasteiger partial charge in [-0.15, -0.1) is 11.3 Å². The molecule has 13 nitrogen and oxygen atoms in total. The first-order valence-electron chi connectivity index (χ1n) is 25.8. The summed E-state index contributed by atoms with van der Waals surface area (Å²) < 4.78 is 24.0. The Morgan fingerprint density at radius 2 is 1.61 bits per heavy atom. The smallest absolute Gasteiger partial charge is 0.329 e. The van der Waals surface area contributed by atoms with Crippen molar-refractivity contribution in [3.8, 4) is 0 Å². The second-order valence-corrected chi connectivity index (χ2v) is 22.7. The number of cyclic esters (lactones) is 1. The van der Waals surface area contributed by atoms with Gasteiger partial charge in [-0.3, -0.25) is 14.4 Å². The maximum Gasteiger partial charge on any atom is 0.329 e. The van der Waals surface area contributed by atoms with Crippen LogP contribution >= 0.6 is 11.3 Å². The lowest BCUT2D eigenvalue weighted by molar-refractivity contribution is -0.316. The van der Waals surface area contributed by atoms with E-state index in [9.17, 15) is 39.6 Å². The molecule has 0 aromatic carbocycles. The Labute approximate surface area is 416 Å². The van der Waals surface area contributed by atoms with E-state index in [1.807, 2.05) is 13.8 Å². The number of Topliss-reactive ketones (excluding diaryl/α,β-unsaturated/α-hetero) is 2. The summed E-state index contributed by atoms with van der Waals surface area (Å²) in [5.41, 5.74) is 0.407. The van der Waals surface area contributed by atoms with Gasteiger partial charge in [0.1, 0.15) is 30.1 Å². The van der Waals surface area contributed by atoms with Gasteiger partial charge in [0.25, 0.3) is 5.91 Å². The summed E-state index contributed by atoms with van der Waals surface area (Å²) in [6, 6.07) is 3.17. The molecule has 17 atom stereocenters. The predicted molar refractivity (Wildman–Crippen MR) is 267 cm³/mol. The topological polar surface area (TPSA) is 189 Å². The predicted octanol–water partition coefficient (Wildman–Crippen LogP) is 8.19. The molecule has 2 bridgehead atoms. The Bertz CT molecular complexity index is 1950. The number of thiophene rings is 1. The third-order valence-corrected chi connectivity index (χ3v) is 17.0. The van der Waals surface area contributed by atoms with Crippen LogP contribution in [0.2, 0.25) is 0 Å². The van der Waals surface area contributed by atoms with Crippen LogP contribution in [0.1, 0.15) is 148 Å². The third kappa shape index (κ3) is 14.8. The number of nitrogens with zero attached hydrogens (tertiary/aromatic N) is 1. The quantitative estimate of drug-likeness (QED) is 0.158. The van der Waals surface area contributed by atoms with Crippen LogP contribution in [0.3, 0.4) is 0 Å². The van der Waals surface area contributed by atoms with Crippen LogP contribution in [0, 0.1) is 48.3 Å². The molecule has 1 aromatic rings. The molecule has 388 valence electrons. The van der Waals surface area contributed by atoms with Crippen molar-refractivity contribution in [2.24, 2.45) is 41.4 Å². The maximum atomic E-state index is 14.5. The van der Waals surface area contributed by atoms with E-state index in [2.05, 4.69) is 57.2 Å². The van der Waals surface area contributed by atoms with E-state index < -0.39 is 78.1 Å². The summed E-state index contributed by atoms with van der Waals surface area (Å²) in [7, 11) is 2.98. The Hall–Kier alpha value is -3.08. The fraction of sp³-hybridized carbons (Fsp3) is 0.745. The summed E-state index contributed by atoms with van der Waals surface area (Å²) in [5, 5.41) is 46.3. The monoisotopic (exact) mass is 984 g/mol. The van der Waals surface area contributed by atoms with Crippen LogP contribution in [0.5, 0.6) is 0 Å². The molecule has 14 heteroatoms. The number of rotatable bonds is 6. The minimum Gasteiger partial charge on any atom is -0.460 e. The number of aliphatic hydroxyl groups excluding tert-OH is 3. The van der Waals surface area contributed by atoms with Crippen LogP contribution < -0.4 is 0 Å². The molecular weight excluding hydrogens is 899 g/mol. The number of piperidine rings is 1. The molecule has 1 aromatic heterocycles. The number of ketones is 2. The first kappa shape index (κ1) is 56.8. The molecule has 3 fully saturated rings. The summed E-state index contributed by atoms with van der Waals surface area (Å²) in [6.45, 7) is 15.4. The Balaban J connectivity index is 1.48. The third-order valence-electron chi connectivity index (χ3n) is 15.8. The van der Waals surface area contributed by atoms with Gasteiger partial charge < -0.3 is 44.3 Å². The summed E-state index contributed by atoms with van der Waals surface area (Å²) in [5.74, 6) is -5.90. The molecule has 5 rings (SSSR count). The zero-order chi connectivity index (χ0) is 50.7. The van der Waals surface area contributed by atoms with E-state index in [0.29, 0.717) is 69.8 Å². The standard InChI is InChI=1S/C55H85NO12S/c1-32-16-12-11-13-17-33(2)42(48-24-20-39(8)69-48)30-41-22-19-38(7)55(64,68-41)52(61)53(62)56-25-15-14-18-43(56)54(63)67-46(35(4)28-40-21-23-44(57)47(29-40)65-9)31-45(58)34(3)27-37(6)50(60)51(66-10)49(59)36(5)26-32/h12-13,16-17,20,24,27,32-36,38,40-44,46-47,50-52,57,60-61,64H,11,14-15,18-19,21-23,25-26,28-31H2,1-10H3/b16-12+,17-13+,37-27+/t32-,33?,34-,35-,36-,38-,40+,41+,42-,43+,44-,46+,47-,50-,51+,52?,55-/m1/s1. The van der Waals surface area contributed by atoms with Gasteiger partial charge in [-0.1, -0.05) is 71.9 Å². The van der Waals surface area contributed by atoms with Gasteiger partial charge in [-0.25, -0.2) is 4.79 Å². The van der Waals surface area contributed by atoms with E-state index in [1.54, 1.807) is 45.3 Å². The molecule has 69 heavy (non-hydrogen) atoms. The highest BCUT2D eigenvalue weighted by Crippen LogP contribution is 2.43. The maximum absolute atomic E-state index is 14.5. The normalized spacial score (nSPS) is 40.2. The van der Waals surface area contributed by atoms with E-state index in [-0.39, 0.29) is 66.6 Å². The number of fused-ring (bicyclic) bond motifs is 3. The molecule has 4 heterocycles. The van der Waals surface area contributed by atoms with Crippen molar-refractivity contribution < 1.29 is 58.6 Å². The number of methoxy groups -OCH3 is 2. The van der Waals surface area contributed by atoms with Gasteiger partial charge in [0.2, 0.25) is 5.79 Å². The molecule has 2 saturated heterocycles. The molecule has 0 spiro atoms. The second kappa shape index (κ2) is 26.0. The van der Waals surface area contributed by atoms with Crippen molar-refractivity contribution in [1.29, 1.82) is 0 Å². The molecule has 1 aliphatic carbocycles. The first-order chi connectivity index (χ1) is 32.7. The summed E-state index contributed by atoms with van der Waals surface area (Å²) in [4.78, 5) is 60.7. The van der Waals surface area contributed by atoms with Gasteiger partial charge >= 0.3 is 5.97 Å². The highest BCUT2D eigenvalue weighted by molar-refractivity contribution is 7.12. The van der Waals surface area contributed by atoms with Gasteiger partial charge in [-0.05, 0) is 132 Å². The lowest BCUT2D eigenvalue weighted by Gasteiger charge is -2.46. The van der Waals surface area contributed by atoms with Gasteiger partial charge in [-0.2, -0.15) is 0 Å². The van der Waals surface area contributed by atoms with Crippen LogP contribution in [0.15, 0.2) is 48.1 Å². The van der Waals surface area contributed by atoms with Crippen molar-refractivity contribution >= 4 is 34.8 Å². The number of aryl methyl sites for hydroxylation is 1. The Morgan fingerprint density at radius 1 is 0.884 bits per heavy atom. The van der Waals surface area contributed by atoms with Crippen LogP contribution in [0.4, 0.5) is 0 Å². The highest BCUT2D eigenvalue weighted by atomic mass is 32.1. The first-order valence-corrected chi connectivity index (χ1v) is 26.7. The number of carbonyl (C=O) groups is 4. The minimum atomic E-state index is -2.21. The molecule has 4 aliphatic rings. The minimum absolute atomic E-state index is 0.0291. The molecule has 3 aliphatic heterocycles. The van der Waals surface area contributed by atoms with Crippen molar-refractivity contribution in [3.05, 3.63) is 57.8 Å². The van der Waals surface area contributed by atoms with E-state index >= 15 is 0 Å². The van der Waals surface area contributed by atoms with Crippen molar-refractivity contribution in [2.45, 2.75) is 199 Å². The van der Waals surface area contributed by atoms with Crippen molar-refractivity contribution in [1.82, 2.24) is 4.90 Å². The zero-order valence-electron chi connectivity index (χ0n) is 43.1. The zero-order valence-corrected chi connectivity index (χ0v) is 43.9. The number of carbonyl (C=O) groups excluding carboxylic acids is 4. The molecule has 1 saturated carbocycles. The Kier molecular flexibility index (Phi) is 21.4. The van der Waals surface area contributed by atoms with Gasteiger partial charge in [0.15, 0.2) is 11.9 Å².